The summed E-state index contributed by atoms with van der Waals surface area (Å²) in [6.07, 6.45) is 0.898. The normalized spacial score (nSPS) is 11.2. The Labute approximate surface area is 221 Å². The molecule has 0 aliphatic rings. The Kier molecular flexibility index (Phi) is 7.86. The number of pyridine rings is 1. The van der Waals surface area contributed by atoms with Crippen molar-refractivity contribution in [3.05, 3.63) is 86.4 Å². The third-order valence-electron chi connectivity index (χ3n) is 4.65. The van der Waals surface area contributed by atoms with E-state index in [-0.39, 0.29) is 33.6 Å². The number of hydrogen-bond acceptors (Lipinski definition) is 8. The van der Waals surface area contributed by atoms with Crippen LogP contribution in [-0.4, -0.2) is 31.8 Å². The monoisotopic (exact) mass is 567 g/mol. The number of carbonyl (C=O) groups is 2. The fourth-order valence-corrected chi connectivity index (χ4v) is 4.14. The lowest BCUT2D eigenvalue weighted by molar-refractivity contribution is -0.137. The summed E-state index contributed by atoms with van der Waals surface area (Å²) in [5, 5.41) is 7.83. The van der Waals surface area contributed by atoms with Crippen LogP contribution in [0.25, 0.3) is 0 Å². The minimum Gasteiger partial charge on any atom is -0.344 e. The van der Waals surface area contributed by atoms with Gasteiger partial charge in [0.15, 0.2) is 11.5 Å². The van der Waals surface area contributed by atoms with E-state index in [2.05, 4.69) is 35.9 Å². The molecular weight excluding hydrogens is 554 g/mol. The van der Waals surface area contributed by atoms with Gasteiger partial charge in [0.25, 0.3) is 11.8 Å². The molecule has 0 aliphatic heterocycles. The number of nitrogens with zero attached hydrogens (tertiary/aromatic N) is 4. The second-order valence-electron chi connectivity index (χ2n) is 7.19. The highest BCUT2D eigenvalue weighted by Crippen LogP contribution is 2.36. The second-order valence-corrected chi connectivity index (χ2v) is 9.09. The molecule has 0 saturated carbocycles. The lowest BCUT2D eigenvalue weighted by atomic mass is 10.2. The minimum atomic E-state index is -4.67. The smallest absolute Gasteiger partial charge is 0.344 e. The summed E-state index contributed by atoms with van der Waals surface area (Å²) in [4.78, 5) is 41.2. The molecule has 0 radical (unpaired) electrons. The average molecular weight is 568 g/mol. The van der Waals surface area contributed by atoms with Gasteiger partial charge in [0.05, 0.1) is 23.3 Å². The van der Waals surface area contributed by atoms with E-state index in [1.807, 2.05) is 0 Å². The van der Waals surface area contributed by atoms with Crippen LogP contribution >= 0.6 is 34.5 Å². The zero-order valence-electron chi connectivity index (χ0n) is 18.3. The van der Waals surface area contributed by atoms with Gasteiger partial charge in [-0.25, -0.2) is 15.0 Å². The molecule has 1 aromatic carbocycles. The Balaban J connectivity index is 1.38. The van der Waals surface area contributed by atoms with Crippen molar-refractivity contribution >= 4 is 63.5 Å². The van der Waals surface area contributed by atoms with Crippen molar-refractivity contribution in [2.75, 3.05) is 10.6 Å². The Morgan fingerprint density at radius 2 is 1.73 bits per heavy atom. The maximum absolute atomic E-state index is 13.0. The molecule has 0 unspecified atom stereocenters. The molecule has 0 bridgehead atoms. The Bertz CT molecular complexity index is 1450. The second kappa shape index (κ2) is 11.1. The van der Waals surface area contributed by atoms with E-state index in [9.17, 15) is 22.8 Å². The molecule has 4 rings (SSSR count). The van der Waals surface area contributed by atoms with Gasteiger partial charge in [0.1, 0.15) is 21.2 Å². The molecule has 0 fully saturated rings. The van der Waals surface area contributed by atoms with Crippen molar-refractivity contribution in [3.8, 4) is 0 Å². The molecule has 3 aromatic heterocycles. The molecule has 0 spiro atoms. The first-order chi connectivity index (χ1) is 17.6. The molecule has 190 valence electrons. The van der Waals surface area contributed by atoms with Gasteiger partial charge in [-0.15, -0.1) is 11.3 Å². The standard InChI is InChI=1S/C22H14Cl2F3N7O2S/c23-14-2-1-12(7-13(14)22(25,26)27)34-20(35)15-8-29-16(37-15)9-30-21(36)18-17(24)19(32-10-31-18)33-11-3-5-28-6-4-11/h1-8,10H,9H2,(H,30,36)(H,34,35)(H,28,31,32,33). The number of amides is 2. The van der Waals surface area contributed by atoms with E-state index in [1.54, 1.807) is 24.5 Å². The third kappa shape index (κ3) is 6.50. The summed E-state index contributed by atoms with van der Waals surface area (Å²) in [5.41, 5.74) is -0.573. The van der Waals surface area contributed by atoms with Crippen molar-refractivity contribution in [2.45, 2.75) is 12.7 Å². The first kappa shape index (κ1) is 26.3. The van der Waals surface area contributed by atoms with E-state index >= 15 is 0 Å². The van der Waals surface area contributed by atoms with Crippen LogP contribution in [0.15, 0.2) is 55.2 Å². The van der Waals surface area contributed by atoms with Crippen LogP contribution in [0.4, 0.5) is 30.4 Å². The van der Waals surface area contributed by atoms with Crippen molar-refractivity contribution in [2.24, 2.45) is 0 Å². The summed E-state index contributed by atoms with van der Waals surface area (Å²) >= 11 is 12.8. The fourth-order valence-electron chi connectivity index (χ4n) is 2.94. The molecular formula is C22H14Cl2F3N7O2S. The number of halogens is 5. The van der Waals surface area contributed by atoms with Crippen LogP contribution < -0.4 is 16.0 Å². The average Bonchev–Trinajstić information content (AvgIpc) is 3.34. The van der Waals surface area contributed by atoms with Gasteiger partial charge in [-0.2, -0.15) is 13.2 Å². The molecule has 3 N–H and O–H groups in total. The number of hydrogen-bond donors (Lipinski definition) is 3. The quantitative estimate of drug-likeness (QED) is 0.266. The van der Waals surface area contributed by atoms with Crippen LogP contribution in [0, 0.1) is 0 Å². The van der Waals surface area contributed by atoms with Crippen LogP contribution in [0.5, 0.6) is 0 Å². The number of alkyl halides is 3. The number of rotatable bonds is 7. The fraction of sp³-hybridized carbons (Fsp3) is 0.0909. The molecule has 2 amide bonds. The number of benzene rings is 1. The number of thiazole rings is 1. The van der Waals surface area contributed by atoms with Crippen molar-refractivity contribution in [1.82, 2.24) is 25.3 Å². The van der Waals surface area contributed by atoms with Gasteiger partial charge >= 0.3 is 6.18 Å². The molecule has 15 heteroatoms. The van der Waals surface area contributed by atoms with Gasteiger partial charge in [-0.05, 0) is 30.3 Å². The van der Waals surface area contributed by atoms with Crippen molar-refractivity contribution < 1.29 is 22.8 Å². The summed E-state index contributed by atoms with van der Waals surface area (Å²) in [5.74, 6) is -1.06. The molecule has 3 heterocycles. The van der Waals surface area contributed by atoms with Gasteiger partial charge < -0.3 is 16.0 Å². The zero-order chi connectivity index (χ0) is 26.6. The number of carbonyl (C=O) groups excluding carboxylic acids is 2. The first-order valence-electron chi connectivity index (χ1n) is 10.2. The van der Waals surface area contributed by atoms with E-state index in [0.29, 0.717) is 10.7 Å². The van der Waals surface area contributed by atoms with E-state index in [4.69, 9.17) is 23.2 Å². The van der Waals surface area contributed by atoms with Gasteiger partial charge in [0, 0.05) is 23.8 Å². The van der Waals surface area contributed by atoms with Gasteiger partial charge in [-0.1, -0.05) is 23.2 Å². The molecule has 0 saturated heterocycles. The Morgan fingerprint density at radius 3 is 2.46 bits per heavy atom. The van der Waals surface area contributed by atoms with E-state index in [0.717, 1.165) is 23.5 Å². The molecule has 37 heavy (non-hydrogen) atoms. The minimum absolute atomic E-state index is 0.00258. The molecule has 0 atom stereocenters. The highest BCUT2D eigenvalue weighted by molar-refractivity contribution is 7.13. The number of aromatic nitrogens is 4. The highest BCUT2D eigenvalue weighted by Gasteiger charge is 2.33. The summed E-state index contributed by atoms with van der Waals surface area (Å²) in [6, 6.07) is 6.42. The maximum atomic E-state index is 13.0. The molecule has 4 aromatic rings. The molecule has 0 aliphatic carbocycles. The predicted octanol–water partition coefficient (Wildman–Crippen LogP) is 5.58. The highest BCUT2D eigenvalue weighted by atomic mass is 35.5. The maximum Gasteiger partial charge on any atom is 0.417 e. The number of anilines is 3. The SMILES string of the molecule is O=C(Nc1ccc(Cl)c(C(F)(F)F)c1)c1cnc(CNC(=O)c2ncnc(Nc3ccncc3)c2Cl)s1. The summed E-state index contributed by atoms with van der Waals surface area (Å²) < 4.78 is 39.1. The Morgan fingerprint density at radius 1 is 0.973 bits per heavy atom. The van der Waals surface area contributed by atoms with Gasteiger partial charge in [0.2, 0.25) is 0 Å². The van der Waals surface area contributed by atoms with E-state index in [1.165, 1.54) is 18.6 Å². The molecule has 9 nitrogen and oxygen atoms in total. The first-order valence-corrected chi connectivity index (χ1v) is 11.8. The van der Waals surface area contributed by atoms with Crippen LogP contribution in [-0.2, 0) is 12.7 Å². The van der Waals surface area contributed by atoms with E-state index < -0.39 is 28.6 Å². The van der Waals surface area contributed by atoms with Crippen molar-refractivity contribution in [1.29, 1.82) is 0 Å². The summed E-state index contributed by atoms with van der Waals surface area (Å²) in [6.45, 7) is -0.0522. The van der Waals surface area contributed by atoms with Crippen LogP contribution in [0.1, 0.15) is 30.7 Å². The summed E-state index contributed by atoms with van der Waals surface area (Å²) in [7, 11) is 0. The Hall–Kier alpha value is -3.81. The predicted molar refractivity (Wildman–Crippen MR) is 132 cm³/mol. The van der Waals surface area contributed by atoms with Crippen LogP contribution in [0.2, 0.25) is 10.0 Å². The van der Waals surface area contributed by atoms with Crippen LogP contribution in [0.3, 0.4) is 0 Å². The third-order valence-corrected chi connectivity index (χ3v) is 6.34. The van der Waals surface area contributed by atoms with Gasteiger partial charge in [-0.3, -0.25) is 14.6 Å². The topological polar surface area (TPSA) is 122 Å². The van der Waals surface area contributed by atoms with Crippen molar-refractivity contribution in [3.63, 3.8) is 0 Å². The lowest BCUT2D eigenvalue weighted by Crippen LogP contribution is -2.24. The number of nitrogens with one attached hydrogen (secondary N) is 3. The lowest BCUT2D eigenvalue weighted by Gasteiger charge is -2.11. The zero-order valence-corrected chi connectivity index (χ0v) is 20.6. The largest absolute Gasteiger partial charge is 0.417 e.